The quantitative estimate of drug-likeness (QED) is 0.483. The Morgan fingerprint density at radius 1 is 0.786 bits per heavy atom. The Labute approximate surface area is 159 Å². The Morgan fingerprint density at radius 3 is 2.36 bits per heavy atom. The topological polar surface area (TPSA) is 75.8 Å². The maximum Gasteiger partial charge on any atom is 0.210 e. The summed E-state index contributed by atoms with van der Waals surface area (Å²) < 4.78 is 1.62. The summed E-state index contributed by atoms with van der Waals surface area (Å²) in [4.78, 5) is 39.7. The average Bonchev–Trinajstić information content (AvgIpc) is 3.19. The molecular weight excluding hydrogens is 354 g/mol. The molecule has 28 heavy (non-hydrogen) atoms. The Kier molecular flexibility index (Phi) is 3.33. The van der Waals surface area contributed by atoms with Gasteiger partial charge in [-0.25, -0.2) is 0 Å². The molecule has 0 spiro atoms. The fourth-order valence-electron chi connectivity index (χ4n) is 3.78. The van der Waals surface area contributed by atoms with Gasteiger partial charge in [0.1, 0.15) is 11.4 Å². The fourth-order valence-corrected chi connectivity index (χ4v) is 3.78. The van der Waals surface area contributed by atoms with E-state index in [1.165, 1.54) is 18.2 Å². The third-order valence-corrected chi connectivity index (χ3v) is 5.06. The first-order valence-corrected chi connectivity index (χ1v) is 8.73. The maximum absolute atomic E-state index is 13.3. The highest BCUT2D eigenvalue weighted by Crippen LogP contribution is 2.35. The van der Waals surface area contributed by atoms with E-state index in [2.05, 4.69) is 0 Å². The molecule has 0 atom stereocenters. The monoisotopic (exact) mass is 367 g/mol. The zero-order valence-corrected chi connectivity index (χ0v) is 14.5. The first-order chi connectivity index (χ1) is 13.6. The van der Waals surface area contributed by atoms with Gasteiger partial charge in [0.2, 0.25) is 11.6 Å². The molecule has 2 heterocycles. The number of benzene rings is 2. The number of nitrogens with zero attached hydrogens (tertiary/aromatic N) is 1. The summed E-state index contributed by atoms with van der Waals surface area (Å²) in [6, 6.07) is 18.1. The molecule has 0 aliphatic heterocycles. The number of rotatable bonds is 2. The van der Waals surface area contributed by atoms with Crippen LogP contribution in [0.2, 0.25) is 0 Å². The molecule has 0 fully saturated rings. The Balaban J connectivity index is 1.88. The number of carbonyl (C=O) groups is 3. The molecular formula is C23H13NO4. The van der Waals surface area contributed by atoms with E-state index in [1.807, 2.05) is 0 Å². The molecule has 0 radical (unpaired) electrons. The van der Waals surface area contributed by atoms with Gasteiger partial charge >= 0.3 is 0 Å². The van der Waals surface area contributed by atoms with Crippen LogP contribution < -0.4 is 0 Å². The number of pyridine rings is 1. The van der Waals surface area contributed by atoms with Crippen LogP contribution in [0.3, 0.4) is 0 Å². The molecule has 1 aliphatic rings. The van der Waals surface area contributed by atoms with E-state index in [-0.39, 0.29) is 45.3 Å². The van der Waals surface area contributed by atoms with Crippen molar-refractivity contribution >= 4 is 22.9 Å². The lowest BCUT2D eigenvalue weighted by Gasteiger charge is -2.21. The lowest BCUT2D eigenvalue weighted by atomic mass is 9.81. The Morgan fingerprint density at radius 2 is 1.57 bits per heavy atom. The fraction of sp³-hybridized carbons (Fsp3) is 0. The minimum absolute atomic E-state index is 0.0246. The number of aromatic nitrogens is 1. The van der Waals surface area contributed by atoms with Gasteiger partial charge in [0.05, 0.1) is 11.1 Å². The van der Waals surface area contributed by atoms with Crippen LogP contribution in [0, 0.1) is 0 Å². The summed E-state index contributed by atoms with van der Waals surface area (Å²) in [5, 5.41) is 10.2. The first-order valence-electron chi connectivity index (χ1n) is 8.73. The van der Waals surface area contributed by atoms with Crippen molar-refractivity contribution in [2.24, 2.45) is 0 Å². The number of aromatic hydroxyl groups is 1. The van der Waals surface area contributed by atoms with Crippen molar-refractivity contribution in [1.29, 1.82) is 0 Å². The number of hydrogen-bond acceptors (Lipinski definition) is 4. The zero-order valence-electron chi connectivity index (χ0n) is 14.5. The summed E-state index contributed by atoms with van der Waals surface area (Å²) in [6.45, 7) is 0. The van der Waals surface area contributed by atoms with Crippen molar-refractivity contribution in [3.63, 3.8) is 0 Å². The molecule has 5 heteroatoms. The molecule has 134 valence electrons. The summed E-state index contributed by atoms with van der Waals surface area (Å²) >= 11 is 0. The van der Waals surface area contributed by atoms with Crippen molar-refractivity contribution in [3.05, 3.63) is 106 Å². The third kappa shape index (κ3) is 2.10. The number of fused-ring (bicyclic) bond motifs is 3. The number of phenolic OH excluding ortho intramolecular Hbond substituents is 1. The van der Waals surface area contributed by atoms with E-state index in [4.69, 9.17) is 0 Å². The van der Waals surface area contributed by atoms with Crippen molar-refractivity contribution in [2.75, 3.05) is 0 Å². The van der Waals surface area contributed by atoms with Crippen LogP contribution in [0.5, 0.6) is 5.75 Å². The summed E-state index contributed by atoms with van der Waals surface area (Å²) in [7, 11) is 0. The zero-order chi connectivity index (χ0) is 19.4. The molecule has 0 bridgehead atoms. The normalized spacial score (nSPS) is 12.7. The second-order valence-electron chi connectivity index (χ2n) is 6.64. The molecule has 0 unspecified atom stereocenters. The number of phenols is 1. The Hall–Kier alpha value is -3.99. The van der Waals surface area contributed by atoms with Crippen molar-refractivity contribution in [3.8, 4) is 5.75 Å². The van der Waals surface area contributed by atoms with E-state index in [0.29, 0.717) is 11.1 Å². The van der Waals surface area contributed by atoms with Crippen LogP contribution in [0.4, 0.5) is 0 Å². The van der Waals surface area contributed by atoms with E-state index in [9.17, 15) is 19.5 Å². The highest BCUT2D eigenvalue weighted by molar-refractivity contribution is 6.32. The van der Waals surface area contributed by atoms with Crippen LogP contribution in [0.15, 0.2) is 72.9 Å². The Bertz CT molecular complexity index is 1320. The van der Waals surface area contributed by atoms with E-state index in [0.717, 1.165) is 0 Å². The van der Waals surface area contributed by atoms with Crippen molar-refractivity contribution in [1.82, 2.24) is 4.40 Å². The van der Waals surface area contributed by atoms with Gasteiger partial charge in [-0.3, -0.25) is 14.4 Å². The number of hydrogen-bond donors (Lipinski definition) is 1. The summed E-state index contributed by atoms with van der Waals surface area (Å²) in [5.41, 5.74) is 1.46. The molecule has 1 aliphatic carbocycles. The van der Waals surface area contributed by atoms with Gasteiger partial charge in [0.15, 0.2) is 5.78 Å². The van der Waals surface area contributed by atoms with Gasteiger partial charge in [0.25, 0.3) is 0 Å². The maximum atomic E-state index is 13.3. The average molecular weight is 367 g/mol. The largest absolute Gasteiger partial charge is 0.507 e. The van der Waals surface area contributed by atoms with Gasteiger partial charge < -0.3 is 9.51 Å². The van der Waals surface area contributed by atoms with Gasteiger partial charge in [-0.2, -0.15) is 0 Å². The van der Waals surface area contributed by atoms with Gasteiger partial charge in [-0.15, -0.1) is 0 Å². The SMILES string of the molecule is O=C1c2cccc(O)c2C(=O)c2c1cc1cccn1c2C(=O)c1ccccc1. The van der Waals surface area contributed by atoms with Crippen LogP contribution in [-0.2, 0) is 0 Å². The van der Waals surface area contributed by atoms with Crippen molar-refractivity contribution in [2.45, 2.75) is 0 Å². The number of ketones is 3. The van der Waals surface area contributed by atoms with E-state index < -0.39 is 5.78 Å². The highest BCUT2D eigenvalue weighted by Gasteiger charge is 2.36. The van der Waals surface area contributed by atoms with Gasteiger partial charge in [-0.1, -0.05) is 42.5 Å². The molecule has 1 N–H and O–H groups in total. The van der Waals surface area contributed by atoms with Gasteiger partial charge in [0, 0.05) is 28.4 Å². The van der Waals surface area contributed by atoms with E-state index in [1.54, 1.807) is 59.1 Å². The molecule has 2 aromatic heterocycles. The molecule has 0 saturated carbocycles. The minimum Gasteiger partial charge on any atom is -0.507 e. The molecule has 0 amide bonds. The molecule has 5 rings (SSSR count). The van der Waals surface area contributed by atoms with E-state index >= 15 is 0 Å². The summed E-state index contributed by atoms with van der Waals surface area (Å²) in [6.07, 6.45) is 1.68. The molecule has 2 aromatic carbocycles. The minimum atomic E-state index is -0.530. The van der Waals surface area contributed by atoms with Crippen LogP contribution >= 0.6 is 0 Å². The van der Waals surface area contributed by atoms with Crippen LogP contribution in [0.1, 0.15) is 47.9 Å². The van der Waals surface area contributed by atoms with Gasteiger partial charge in [-0.05, 0) is 24.3 Å². The van der Waals surface area contributed by atoms with Crippen LogP contribution in [0.25, 0.3) is 5.52 Å². The molecule has 0 saturated heterocycles. The van der Waals surface area contributed by atoms with Crippen LogP contribution in [-0.4, -0.2) is 26.9 Å². The molecule has 4 aromatic rings. The summed E-state index contributed by atoms with van der Waals surface area (Å²) in [5.74, 6) is -1.55. The first kappa shape index (κ1) is 16.2. The molecule has 5 nitrogen and oxygen atoms in total. The second kappa shape index (κ2) is 5.76. The standard InChI is InChI=1S/C23H13NO4/c25-17-10-4-9-15-18(17)23(28)19-16(22(15)27)12-14-8-5-11-24(14)20(19)21(26)13-6-2-1-3-7-13/h1-12,25H. The predicted molar refractivity (Wildman–Crippen MR) is 102 cm³/mol. The lowest BCUT2D eigenvalue weighted by Crippen LogP contribution is -2.26. The lowest BCUT2D eigenvalue weighted by molar-refractivity contribution is 0.0966. The smallest absolute Gasteiger partial charge is 0.210 e. The highest BCUT2D eigenvalue weighted by atomic mass is 16.3. The predicted octanol–water partition coefficient (Wildman–Crippen LogP) is 3.65. The second-order valence-corrected chi connectivity index (χ2v) is 6.64. The number of carbonyl (C=O) groups excluding carboxylic acids is 3. The van der Waals surface area contributed by atoms with Crippen molar-refractivity contribution < 1.29 is 19.5 Å². The third-order valence-electron chi connectivity index (χ3n) is 5.06.